The Morgan fingerprint density at radius 2 is 1.95 bits per heavy atom. The van der Waals surface area contributed by atoms with E-state index in [1.54, 1.807) is 24.3 Å². The summed E-state index contributed by atoms with van der Waals surface area (Å²) in [5.41, 5.74) is 4.22. The standard InChI is InChI=1S/C30H25ClFN5O2/c31-26-14-24(7-9-28(26)39-17-19-2-1-3-22(32)12-19)36-30-25-13-20(4-8-27(25)33-18-34-30)21-10-11-37(15-21)16-29(38)35-23-5-6-23/h1-4,7-15,18,23H,5-6,16-17H2,(H,35,38)(H,33,34,36). The van der Waals surface area contributed by atoms with Crippen molar-refractivity contribution in [1.29, 1.82) is 0 Å². The Kier molecular flexibility index (Phi) is 6.85. The molecule has 7 nitrogen and oxygen atoms in total. The molecule has 1 aliphatic carbocycles. The number of aromatic nitrogens is 3. The molecule has 39 heavy (non-hydrogen) atoms. The van der Waals surface area contributed by atoms with E-state index < -0.39 is 0 Å². The van der Waals surface area contributed by atoms with E-state index in [-0.39, 0.29) is 18.3 Å². The summed E-state index contributed by atoms with van der Waals surface area (Å²) in [6, 6.07) is 19.9. The fraction of sp³-hybridized carbons (Fsp3) is 0.167. The third-order valence-corrected chi connectivity index (χ3v) is 6.76. The molecule has 6 rings (SSSR count). The number of nitrogens with one attached hydrogen (secondary N) is 2. The van der Waals surface area contributed by atoms with Crippen LogP contribution < -0.4 is 15.4 Å². The van der Waals surface area contributed by atoms with E-state index >= 15 is 0 Å². The second-order valence-corrected chi connectivity index (χ2v) is 9.96. The van der Waals surface area contributed by atoms with Crippen molar-refractivity contribution in [3.8, 4) is 16.9 Å². The number of carbonyl (C=O) groups is 1. The monoisotopic (exact) mass is 541 g/mol. The Hall–Kier alpha value is -4.43. The number of benzene rings is 3. The molecule has 1 amide bonds. The van der Waals surface area contributed by atoms with Crippen LogP contribution in [0.1, 0.15) is 18.4 Å². The van der Waals surface area contributed by atoms with Crippen LogP contribution in [-0.2, 0) is 17.9 Å². The van der Waals surface area contributed by atoms with Gasteiger partial charge < -0.3 is 19.9 Å². The number of carbonyl (C=O) groups excluding carboxylic acids is 1. The van der Waals surface area contributed by atoms with Crippen LogP contribution in [0.4, 0.5) is 15.9 Å². The Morgan fingerprint density at radius 1 is 1.05 bits per heavy atom. The van der Waals surface area contributed by atoms with Crippen molar-refractivity contribution in [3.05, 3.63) is 102 Å². The van der Waals surface area contributed by atoms with Crippen LogP contribution >= 0.6 is 11.6 Å². The van der Waals surface area contributed by atoms with Crippen molar-refractivity contribution < 1.29 is 13.9 Å². The van der Waals surface area contributed by atoms with Gasteiger partial charge in [-0.2, -0.15) is 0 Å². The highest BCUT2D eigenvalue weighted by Gasteiger charge is 2.23. The maximum absolute atomic E-state index is 13.4. The molecule has 0 saturated heterocycles. The summed E-state index contributed by atoms with van der Waals surface area (Å²) >= 11 is 6.48. The van der Waals surface area contributed by atoms with Crippen LogP contribution in [0, 0.1) is 5.82 Å². The molecule has 1 fully saturated rings. The Balaban J connectivity index is 1.18. The molecule has 196 valence electrons. The van der Waals surface area contributed by atoms with Crippen molar-refractivity contribution in [2.75, 3.05) is 5.32 Å². The fourth-order valence-electron chi connectivity index (χ4n) is 4.33. The lowest BCUT2D eigenvalue weighted by Gasteiger charge is -2.12. The molecule has 9 heteroatoms. The first-order chi connectivity index (χ1) is 19.0. The smallest absolute Gasteiger partial charge is 0.240 e. The maximum atomic E-state index is 13.4. The molecular weight excluding hydrogens is 517 g/mol. The first kappa shape index (κ1) is 24.9. The molecule has 0 radical (unpaired) electrons. The number of nitrogens with zero attached hydrogens (tertiary/aromatic N) is 3. The van der Waals surface area contributed by atoms with Crippen LogP contribution in [0.25, 0.3) is 22.0 Å². The van der Waals surface area contributed by atoms with E-state index in [1.807, 2.05) is 47.3 Å². The molecule has 1 saturated carbocycles. The van der Waals surface area contributed by atoms with Crippen LogP contribution in [0.3, 0.4) is 0 Å². The molecular formula is C30H25ClFN5O2. The summed E-state index contributed by atoms with van der Waals surface area (Å²) in [6.07, 6.45) is 7.52. The van der Waals surface area contributed by atoms with Gasteiger partial charge in [-0.1, -0.05) is 29.8 Å². The highest BCUT2D eigenvalue weighted by Crippen LogP contribution is 2.32. The minimum absolute atomic E-state index is 0.0297. The van der Waals surface area contributed by atoms with Crippen LogP contribution in [0.15, 0.2) is 85.5 Å². The predicted octanol–water partition coefficient (Wildman–Crippen LogP) is 6.49. The van der Waals surface area contributed by atoms with Gasteiger partial charge in [-0.15, -0.1) is 0 Å². The summed E-state index contributed by atoms with van der Waals surface area (Å²) in [4.78, 5) is 21.0. The molecule has 0 spiro atoms. The summed E-state index contributed by atoms with van der Waals surface area (Å²) in [7, 11) is 0. The predicted molar refractivity (Wildman–Crippen MR) is 150 cm³/mol. The van der Waals surface area contributed by atoms with Gasteiger partial charge in [0.1, 0.15) is 36.9 Å². The van der Waals surface area contributed by atoms with E-state index in [0.29, 0.717) is 34.7 Å². The van der Waals surface area contributed by atoms with Gasteiger partial charge in [-0.3, -0.25) is 4.79 Å². The Bertz CT molecular complexity index is 1670. The number of rotatable bonds is 9. The second kappa shape index (κ2) is 10.7. The summed E-state index contributed by atoms with van der Waals surface area (Å²) in [6.45, 7) is 0.499. The average molecular weight is 542 g/mol. The van der Waals surface area contributed by atoms with Crippen LogP contribution in [0.2, 0.25) is 5.02 Å². The highest BCUT2D eigenvalue weighted by atomic mass is 35.5. The van der Waals surface area contributed by atoms with Gasteiger partial charge >= 0.3 is 0 Å². The molecule has 0 atom stereocenters. The van der Waals surface area contributed by atoms with Crippen molar-refractivity contribution in [2.24, 2.45) is 0 Å². The largest absolute Gasteiger partial charge is 0.487 e. The second-order valence-electron chi connectivity index (χ2n) is 9.56. The first-order valence-corrected chi connectivity index (χ1v) is 13.0. The Morgan fingerprint density at radius 3 is 2.77 bits per heavy atom. The molecule has 0 aliphatic heterocycles. The minimum atomic E-state index is -0.309. The number of amides is 1. The van der Waals surface area contributed by atoms with Crippen molar-refractivity contribution in [1.82, 2.24) is 19.9 Å². The number of hydrogen-bond donors (Lipinski definition) is 2. The minimum Gasteiger partial charge on any atom is -0.487 e. The zero-order valence-corrected chi connectivity index (χ0v) is 21.7. The number of halogens is 2. The fourth-order valence-corrected chi connectivity index (χ4v) is 4.57. The van der Waals surface area contributed by atoms with Gasteiger partial charge in [0, 0.05) is 29.5 Å². The SMILES string of the molecule is O=C(Cn1ccc(-c2ccc3ncnc(Nc4ccc(OCc5cccc(F)c5)c(Cl)c4)c3c2)c1)NC1CC1. The van der Waals surface area contributed by atoms with Crippen molar-refractivity contribution >= 4 is 39.9 Å². The third kappa shape index (κ3) is 6.02. The quantitative estimate of drug-likeness (QED) is 0.223. The van der Waals surface area contributed by atoms with E-state index in [1.165, 1.54) is 18.5 Å². The van der Waals surface area contributed by atoms with Crippen molar-refractivity contribution in [2.45, 2.75) is 32.0 Å². The number of anilines is 2. The van der Waals surface area contributed by atoms with Gasteiger partial charge in [0.2, 0.25) is 5.91 Å². The molecule has 1 aliphatic rings. The summed E-state index contributed by atoms with van der Waals surface area (Å²) in [5, 5.41) is 7.61. The van der Waals surface area contributed by atoms with Gasteiger partial charge in [-0.05, 0) is 78.1 Å². The van der Waals surface area contributed by atoms with E-state index in [4.69, 9.17) is 16.3 Å². The summed E-state index contributed by atoms with van der Waals surface area (Å²) in [5.74, 6) is 0.851. The van der Waals surface area contributed by atoms with E-state index in [0.717, 1.165) is 40.6 Å². The molecule has 3 aromatic carbocycles. The van der Waals surface area contributed by atoms with Crippen molar-refractivity contribution in [3.63, 3.8) is 0 Å². The lowest BCUT2D eigenvalue weighted by atomic mass is 10.1. The number of hydrogen-bond acceptors (Lipinski definition) is 5. The molecule has 2 heterocycles. The number of ether oxygens (including phenoxy) is 1. The Labute approximate surface area is 229 Å². The lowest BCUT2D eigenvalue weighted by Crippen LogP contribution is -2.28. The maximum Gasteiger partial charge on any atom is 0.240 e. The highest BCUT2D eigenvalue weighted by molar-refractivity contribution is 6.32. The summed E-state index contributed by atoms with van der Waals surface area (Å²) < 4.78 is 21.1. The van der Waals surface area contributed by atoms with Gasteiger partial charge in [0.25, 0.3) is 0 Å². The zero-order chi connectivity index (χ0) is 26.8. The molecule has 2 aromatic heterocycles. The van der Waals surface area contributed by atoms with Crippen LogP contribution in [0.5, 0.6) is 5.75 Å². The molecule has 2 N–H and O–H groups in total. The lowest BCUT2D eigenvalue weighted by molar-refractivity contribution is -0.121. The van der Waals surface area contributed by atoms with Gasteiger partial charge in [-0.25, -0.2) is 14.4 Å². The van der Waals surface area contributed by atoms with Crippen LogP contribution in [-0.4, -0.2) is 26.5 Å². The third-order valence-electron chi connectivity index (χ3n) is 6.47. The first-order valence-electron chi connectivity index (χ1n) is 12.6. The topological polar surface area (TPSA) is 81.1 Å². The molecule has 5 aromatic rings. The zero-order valence-electron chi connectivity index (χ0n) is 20.9. The van der Waals surface area contributed by atoms with Gasteiger partial charge in [0.05, 0.1) is 10.5 Å². The van der Waals surface area contributed by atoms with E-state index in [2.05, 4.69) is 20.6 Å². The normalized spacial score (nSPS) is 12.9. The van der Waals surface area contributed by atoms with Gasteiger partial charge in [0.15, 0.2) is 0 Å². The molecule has 0 unspecified atom stereocenters. The molecule has 0 bridgehead atoms. The number of fused-ring (bicyclic) bond motifs is 1. The average Bonchev–Trinajstić information content (AvgIpc) is 3.62. The van der Waals surface area contributed by atoms with E-state index in [9.17, 15) is 9.18 Å².